The van der Waals surface area contributed by atoms with Gasteiger partial charge in [0.1, 0.15) is 5.69 Å². The summed E-state index contributed by atoms with van der Waals surface area (Å²) < 4.78 is 3.28. The molecule has 112 valence electrons. The number of hydrogen-bond donors (Lipinski definition) is 0. The molecule has 2 aromatic rings. The summed E-state index contributed by atoms with van der Waals surface area (Å²) in [6.07, 6.45) is 1.67. The van der Waals surface area contributed by atoms with Gasteiger partial charge < -0.3 is 4.90 Å². The maximum atomic E-state index is 12.8. The number of rotatable bonds is 5. The Morgan fingerprint density at radius 3 is 2.62 bits per heavy atom. The molecule has 0 fully saturated rings. The topological polar surface area (TPSA) is 38.1 Å². The third-order valence-electron chi connectivity index (χ3n) is 3.14. The minimum absolute atomic E-state index is 0.0370. The van der Waals surface area contributed by atoms with Crippen molar-refractivity contribution in [2.75, 3.05) is 20.6 Å². The number of ketones is 1. The van der Waals surface area contributed by atoms with Crippen LogP contribution in [0.25, 0.3) is 0 Å². The first-order valence-corrected chi connectivity index (χ1v) is 8.15. The van der Waals surface area contributed by atoms with Crippen LogP contribution >= 0.6 is 31.9 Å². The number of nitrogens with zero attached hydrogens (tertiary/aromatic N) is 3. The van der Waals surface area contributed by atoms with Crippen molar-refractivity contribution in [1.29, 1.82) is 0 Å². The van der Waals surface area contributed by atoms with Crippen molar-refractivity contribution in [2.45, 2.75) is 13.5 Å². The summed E-state index contributed by atoms with van der Waals surface area (Å²) in [7, 11) is 3.99. The minimum atomic E-state index is -0.0370. The molecule has 0 aliphatic rings. The fourth-order valence-corrected chi connectivity index (χ4v) is 3.13. The Kier molecular flexibility index (Phi) is 5.35. The summed E-state index contributed by atoms with van der Waals surface area (Å²) in [4.78, 5) is 14.9. The first-order valence-electron chi connectivity index (χ1n) is 6.57. The Morgan fingerprint density at radius 2 is 2.00 bits per heavy atom. The van der Waals surface area contributed by atoms with Crippen molar-refractivity contribution in [3.05, 3.63) is 50.2 Å². The summed E-state index contributed by atoms with van der Waals surface area (Å²) >= 11 is 6.90. The second-order valence-corrected chi connectivity index (χ2v) is 6.89. The quantitative estimate of drug-likeness (QED) is 0.702. The van der Waals surface area contributed by atoms with E-state index in [1.165, 1.54) is 0 Å². The molecule has 0 aliphatic carbocycles. The molecule has 0 unspecified atom stereocenters. The molecule has 0 saturated heterocycles. The zero-order valence-electron chi connectivity index (χ0n) is 12.2. The Bertz CT molecular complexity index is 665. The largest absolute Gasteiger partial charge is 0.308 e. The number of hydrogen-bond acceptors (Lipinski definition) is 3. The predicted molar refractivity (Wildman–Crippen MR) is 90.8 cm³/mol. The highest BCUT2D eigenvalue weighted by Gasteiger charge is 2.20. The van der Waals surface area contributed by atoms with Gasteiger partial charge in [-0.3, -0.25) is 9.48 Å². The fourth-order valence-electron chi connectivity index (χ4n) is 1.98. The van der Waals surface area contributed by atoms with Gasteiger partial charge in [-0.2, -0.15) is 5.10 Å². The Morgan fingerprint density at radius 1 is 1.29 bits per heavy atom. The molecular weight excluding hydrogens is 398 g/mol. The molecule has 0 atom stereocenters. The van der Waals surface area contributed by atoms with Crippen molar-refractivity contribution in [1.82, 2.24) is 14.7 Å². The number of aryl methyl sites for hydroxylation is 1. The van der Waals surface area contributed by atoms with E-state index in [0.717, 1.165) is 21.1 Å². The summed E-state index contributed by atoms with van der Waals surface area (Å²) in [6.45, 7) is 3.49. The molecule has 2 rings (SSSR count). The molecule has 21 heavy (non-hydrogen) atoms. The van der Waals surface area contributed by atoms with E-state index in [0.29, 0.717) is 17.8 Å². The number of likely N-dealkylation sites (N-methyl/N-ethyl adjacent to an activating group) is 1. The summed E-state index contributed by atoms with van der Waals surface area (Å²) in [6, 6.07) is 5.73. The molecular formula is C15H17Br2N3O. The number of carbonyl (C=O) groups is 1. The van der Waals surface area contributed by atoms with Crippen molar-refractivity contribution in [3.63, 3.8) is 0 Å². The van der Waals surface area contributed by atoms with Gasteiger partial charge in [0.25, 0.3) is 0 Å². The molecule has 1 aromatic heterocycles. The van der Waals surface area contributed by atoms with Gasteiger partial charge >= 0.3 is 0 Å². The van der Waals surface area contributed by atoms with E-state index in [-0.39, 0.29) is 5.78 Å². The van der Waals surface area contributed by atoms with Crippen LogP contribution in [0.4, 0.5) is 0 Å². The predicted octanol–water partition coefficient (Wildman–Crippen LogP) is 3.51. The van der Waals surface area contributed by atoms with Gasteiger partial charge in [0.05, 0.1) is 17.2 Å². The number of carbonyl (C=O) groups excluding carboxylic acids is 1. The van der Waals surface area contributed by atoms with Crippen LogP contribution in [0.15, 0.2) is 33.3 Å². The molecule has 0 amide bonds. The van der Waals surface area contributed by atoms with Gasteiger partial charge in [-0.1, -0.05) is 22.0 Å². The van der Waals surface area contributed by atoms with E-state index >= 15 is 0 Å². The number of aromatic nitrogens is 2. The Labute approximate surface area is 141 Å². The number of benzene rings is 1. The average molecular weight is 415 g/mol. The lowest BCUT2D eigenvalue weighted by atomic mass is 10.1. The van der Waals surface area contributed by atoms with Crippen LogP contribution in [0.3, 0.4) is 0 Å². The van der Waals surface area contributed by atoms with E-state index in [2.05, 4.69) is 41.9 Å². The van der Waals surface area contributed by atoms with Crippen molar-refractivity contribution < 1.29 is 4.79 Å². The van der Waals surface area contributed by atoms with Gasteiger partial charge in [0, 0.05) is 16.6 Å². The van der Waals surface area contributed by atoms with Crippen LogP contribution in [0, 0.1) is 6.92 Å². The van der Waals surface area contributed by atoms with Gasteiger partial charge in [0.2, 0.25) is 5.78 Å². The van der Waals surface area contributed by atoms with Gasteiger partial charge in [-0.05, 0) is 54.6 Å². The maximum Gasteiger partial charge on any atom is 0.213 e. The first kappa shape index (κ1) is 16.4. The lowest BCUT2D eigenvalue weighted by Crippen LogP contribution is -2.22. The Balaban J connectivity index is 2.36. The van der Waals surface area contributed by atoms with E-state index in [9.17, 15) is 4.79 Å². The van der Waals surface area contributed by atoms with Gasteiger partial charge in [-0.25, -0.2) is 0 Å². The van der Waals surface area contributed by atoms with Crippen LogP contribution in [-0.4, -0.2) is 41.1 Å². The van der Waals surface area contributed by atoms with E-state index in [1.807, 2.05) is 39.2 Å². The van der Waals surface area contributed by atoms with Crippen molar-refractivity contribution >= 4 is 37.6 Å². The molecule has 0 spiro atoms. The summed E-state index contributed by atoms with van der Waals surface area (Å²) in [5, 5.41) is 4.29. The molecule has 6 heteroatoms. The molecule has 4 nitrogen and oxygen atoms in total. The van der Waals surface area contributed by atoms with Crippen LogP contribution in [0.2, 0.25) is 0 Å². The minimum Gasteiger partial charge on any atom is -0.308 e. The lowest BCUT2D eigenvalue weighted by Gasteiger charge is -2.12. The Hall–Kier alpha value is -0.980. The zero-order chi connectivity index (χ0) is 15.6. The molecule has 0 saturated carbocycles. The molecule has 1 aromatic carbocycles. The molecule has 0 radical (unpaired) electrons. The van der Waals surface area contributed by atoms with Crippen molar-refractivity contribution in [2.24, 2.45) is 0 Å². The highest BCUT2D eigenvalue weighted by Crippen LogP contribution is 2.25. The smallest absolute Gasteiger partial charge is 0.213 e. The van der Waals surface area contributed by atoms with E-state index in [4.69, 9.17) is 0 Å². The second kappa shape index (κ2) is 6.85. The zero-order valence-corrected chi connectivity index (χ0v) is 15.4. The van der Waals surface area contributed by atoms with Crippen molar-refractivity contribution in [3.8, 4) is 0 Å². The standard InChI is InChI=1S/C15H17Br2N3O/c1-10-4-5-11(12(16)8-10)15(21)14-13(17)9-18-20(14)7-6-19(2)3/h4-5,8-9H,6-7H2,1-3H3. The van der Waals surface area contributed by atoms with E-state index < -0.39 is 0 Å². The normalized spacial score (nSPS) is 11.1. The van der Waals surface area contributed by atoms with Crippen LogP contribution < -0.4 is 0 Å². The highest BCUT2D eigenvalue weighted by atomic mass is 79.9. The highest BCUT2D eigenvalue weighted by molar-refractivity contribution is 9.10. The fraction of sp³-hybridized carbons (Fsp3) is 0.333. The second-order valence-electron chi connectivity index (χ2n) is 5.18. The molecule has 0 bridgehead atoms. The van der Waals surface area contributed by atoms with Gasteiger partial charge in [0.15, 0.2) is 0 Å². The van der Waals surface area contributed by atoms with Crippen LogP contribution in [-0.2, 0) is 6.54 Å². The molecule has 0 aliphatic heterocycles. The average Bonchev–Trinajstić information content (AvgIpc) is 2.77. The van der Waals surface area contributed by atoms with Gasteiger partial charge in [-0.15, -0.1) is 0 Å². The molecule has 1 heterocycles. The third-order valence-corrected chi connectivity index (χ3v) is 4.37. The monoisotopic (exact) mass is 413 g/mol. The number of halogens is 2. The van der Waals surface area contributed by atoms with Crippen LogP contribution in [0.1, 0.15) is 21.6 Å². The maximum absolute atomic E-state index is 12.8. The SMILES string of the molecule is Cc1ccc(C(=O)c2c(Br)cnn2CCN(C)C)c(Br)c1. The lowest BCUT2D eigenvalue weighted by molar-refractivity contribution is 0.102. The first-order chi connectivity index (χ1) is 9.90. The molecule has 0 N–H and O–H groups in total. The van der Waals surface area contributed by atoms with Crippen LogP contribution in [0.5, 0.6) is 0 Å². The summed E-state index contributed by atoms with van der Waals surface area (Å²) in [5.74, 6) is -0.0370. The van der Waals surface area contributed by atoms with E-state index in [1.54, 1.807) is 10.9 Å². The summed E-state index contributed by atoms with van der Waals surface area (Å²) in [5.41, 5.74) is 2.34. The third kappa shape index (κ3) is 3.81.